The molecular formula is C17H27ClN4O2S. The van der Waals surface area contributed by atoms with Crippen LogP contribution in [-0.2, 0) is 11.3 Å². The van der Waals surface area contributed by atoms with Crippen LogP contribution in [0.5, 0.6) is 0 Å². The van der Waals surface area contributed by atoms with E-state index < -0.39 is 0 Å². The van der Waals surface area contributed by atoms with Crippen LogP contribution in [-0.4, -0.2) is 42.1 Å². The van der Waals surface area contributed by atoms with E-state index in [1.807, 2.05) is 49.9 Å². The van der Waals surface area contributed by atoms with E-state index in [0.29, 0.717) is 13.0 Å². The molecule has 8 heteroatoms. The second-order valence-corrected chi connectivity index (χ2v) is 7.31. The number of nitrogens with one attached hydrogen (secondary N) is 4. The second-order valence-electron chi connectivity index (χ2n) is 6.16. The van der Waals surface area contributed by atoms with Crippen LogP contribution < -0.4 is 21.3 Å². The number of carbonyl (C=O) groups is 2. The molecule has 1 heterocycles. The smallest absolute Gasteiger partial charge is 0.319 e. The zero-order valence-electron chi connectivity index (χ0n) is 14.6. The minimum Gasteiger partial charge on any atom is -0.352 e. The van der Waals surface area contributed by atoms with Crippen molar-refractivity contribution in [3.05, 3.63) is 29.8 Å². The molecule has 0 bridgehead atoms. The van der Waals surface area contributed by atoms with E-state index in [-0.39, 0.29) is 36.4 Å². The Morgan fingerprint density at radius 3 is 2.60 bits per heavy atom. The standard InChI is InChI=1S/C17H26N4O2S.ClH/c1-12(2)20-17(23)21-14-5-3-13(4-6-14)10-19-16(22)9-15-11-24-8-7-18-15;/h3-6,12,15,18H,7-11H2,1-2H3,(H,19,22)(H2,20,21,23);1H. The monoisotopic (exact) mass is 386 g/mol. The van der Waals surface area contributed by atoms with E-state index >= 15 is 0 Å². The molecule has 1 aromatic carbocycles. The molecule has 0 saturated carbocycles. The van der Waals surface area contributed by atoms with E-state index in [4.69, 9.17) is 0 Å². The maximum atomic E-state index is 12.0. The molecule has 1 aliphatic rings. The Balaban J connectivity index is 0.00000312. The number of halogens is 1. The van der Waals surface area contributed by atoms with Crippen LogP contribution in [0.25, 0.3) is 0 Å². The highest BCUT2D eigenvalue weighted by Gasteiger charge is 2.16. The Kier molecular flexibility index (Phi) is 9.70. The fraction of sp³-hybridized carbons (Fsp3) is 0.529. The average Bonchev–Trinajstić information content (AvgIpc) is 2.54. The molecule has 6 nitrogen and oxygen atoms in total. The van der Waals surface area contributed by atoms with Gasteiger partial charge >= 0.3 is 6.03 Å². The molecule has 1 saturated heterocycles. The van der Waals surface area contributed by atoms with Gasteiger partial charge in [-0.3, -0.25) is 4.79 Å². The SMILES string of the molecule is CC(C)NC(=O)Nc1ccc(CNC(=O)CC2CSCCN2)cc1.Cl. The molecule has 1 aliphatic heterocycles. The first kappa shape index (κ1) is 21.6. The average molecular weight is 387 g/mol. The van der Waals surface area contributed by atoms with Crippen LogP contribution >= 0.6 is 24.2 Å². The van der Waals surface area contributed by atoms with E-state index in [2.05, 4.69) is 21.3 Å². The summed E-state index contributed by atoms with van der Waals surface area (Å²) in [6.07, 6.45) is 0.516. The highest BCUT2D eigenvalue weighted by Crippen LogP contribution is 2.11. The number of hydrogen-bond donors (Lipinski definition) is 4. The number of urea groups is 1. The maximum absolute atomic E-state index is 12.0. The van der Waals surface area contributed by atoms with E-state index in [1.165, 1.54) is 0 Å². The lowest BCUT2D eigenvalue weighted by Crippen LogP contribution is -2.41. The van der Waals surface area contributed by atoms with Gasteiger partial charge in [0.05, 0.1) is 0 Å². The lowest BCUT2D eigenvalue weighted by molar-refractivity contribution is -0.121. The van der Waals surface area contributed by atoms with Crippen molar-refractivity contribution < 1.29 is 9.59 Å². The third kappa shape index (κ3) is 8.47. The van der Waals surface area contributed by atoms with Gasteiger partial charge in [-0.05, 0) is 31.5 Å². The summed E-state index contributed by atoms with van der Waals surface area (Å²) in [6.45, 7) is 5.29. The Hall–Kier alpha value is -1.44. The lowest BCUT2D eigenvalue weighted by atomic mass is 10.2. The van der Waals surface area contributed by atoms with Crippen LogP contribution in [0.2, 0.25) is 0 Å². The van der Waals surface area contributed by atoms with E-state index in [0.717, 1.165) is 29.3 Å². The molecule has 25 heavy (non-hydrogen) atoms. The Morgan fingerprint density at radius 1 is 1.28 bits per heavy atom. The van der Waals surface area contributed by atoms with Gasteiger partial charge in [-0.25, -0.2) is 4.79 Å². The molecule has 2 rings (SSSR count). The van der Waals surface area contributed by atoms with Crippen molar-refractivity contribution in [3.8, 4) is 0 Å². The fourth-order valence-electron chi connectivity index (χ4n) is 2.38. The fourth-order valence-corrected chi connectivity index (χ4v) is 3.33. The number of amides is 3. The summed E-state index contributed by atoms with van der Waals surface area (Å²) in [5, 5.41) is 11.8. The minimum atomic E-state index is -0.219. The Labute approximate surface area is 159 Å². The van der Waals surface area contributed by atoms with Gasteiger partial charge in [-0.2, -0.15) is 11.8 Å². The van der Waals surface area contributed by atoms with E-state index in [9.17, 15) is 9.59 Å². The van der Waals surface area contributed by atoms with Gasteiger partial charge in [0.15, 0.2) is 0 Å². The van der Waals surface area contributed by atoms with Crippen molar-refractivity contribution >= 4 is 41.8 Å². The van der Waals surface area contributed by atoms with Crippen LogP contribution in [0, 0.1) is 0 Å². The summed E-state index contributed by atoms with van der Waals surface area (Å²) < 4.78 is 0. The van der Waals surface area contributed by atoms with Crippen molar-refractivity contribution in [2.24, 2.45) is 0 Å². The van der Waals surface area contributed by atoms with Gasteiger partial charge in [0.25, 0.3) is 0 Å². The van der Waals surface area contributed by atoms with Crippen molar-refractivity contribution in [1.82, 2.24) is 16.0 Å². The van der Waals surface area contributed by atoms with Crippen LogP contribution in [0.3, 0.4) is 0 Å². The molecule has 1 fully saturated rings. The highest BCUT2D eigenvalue weighted by atomic mass is 35.5. The Morgan fingerprint density at radius 2 is 2.00 bits per heavy atom. The second kappa shape index (κ2) is 11.2. The molecule has 3 amide bonds. The molecule has 0 aliphatic carbocycles. The summed E-state index contributed by atoms with van der Waals surface area (Å²) in [6, 6.07) is 7.62. The summed E-state index contributed by atoms with van der Waals surface area (Å²) in [5.74, 6) is 2.17. The Bertz CT molecular complexity index is 548. The summed E-state index contributed by atoms with van der Waals surface area (Å²) in [7, 11) is 0. The van der Waals surface area contributed by atoms with Crippen molar-refractivity contribution in [3.63, 3.8) is 0 Å². The lowest BCUT2D eigenvalue weighted by Gasteiger charge is -2.22. The van der Waals surface area contributed by atoms with Gasteiger partial charge < -0.3 is 21.3 Å². The zero-order chi connectivity index (χ0) is 17.4. The zero-order valence-corrected chi connectivity index (χ0v) is 16.3. The first-order valence-electron chi connectivity index (χ1n) is 8.27. The number of thioether (sulfide) groups is 1. The molecule has 0 aromatic heterocycles. The maximum Gasteiger partial charge on any atom is 0.319 e. The van der Waals surface area contributed by atoms with E-state index in [1.54, 1.807) is 0 Å². The number of anilines is 1. The molecule has 140 valence electrons. The van der Waals surface area contributed by atoms with Crippen LogP contribution in [0.4, 0.5) is 10.5 Å². The number of carbonyl (C=O) groups excluding carboxylic acids is 2. The topological polar surface area (TPSA) is 82.3 Å². The van der Waals surface area contributed by atoms with Crippen molar-refractivity contribution in [1.29, 1.82) is 0 Å². The molecule has 1 atom stereocenters. The first-order chi connectivity index (χ1) is 11.5. The summed E-state index contributed by atoms with van der Waals surface area (Å²) in [4.78, 5) is 23.6. The molecule has 1 unspecified atom stereocenters. The number of rotatable bonds is 6. The molecule has 0 spiro atoms. The van der Waals surface area contributed by atoms with Crippen molar-refractivity contribution in [2.75, 3.05) is 23.4 Å². The van der Waals surface area contributed by atoms with Gasteiger partial charge in [-0.15, -0.1) is 12.4 Å². The molecule has 1 aromatic rings. The quantitative estimate of drug-likeness (QED) is 0.604. The minimum absolute atomic E-state index is 0. The summed E-state index contributed by atoms with van der Waals surface area (Å²) >= 11 is 1.89. The van der Waals surface area contributed by atoms with Crippen LogP contribution in [0.1, 0.15) is 25.8 Å². The molecule has 4 N–H and O–H groups in total. The molecule has 0 radical (unpaired) electrons. The van der Waals surface area contributed by atoms with Gasteiger partial charge in [-0.1, -0.05) is 12.1 Å². The first-order valence-corrected chi connectivity index (χ1v) is 9.42. The summed E-state index contributed by atoms with van der Waals surface area (Å²) in [5.41, 5.74) is 1.73. The normalized spacial score (nSPS) is 16.7. The third-order valence-corrected chi connectivity index (χ3v) is 4.68. The largest absolute Gasteiger partial charge is 0.352 e. The van der Waals surface area contributed by atoms with Gasteiger partial charge in [0.2, 0.25) is 5.91 Å². The van der Waals surface area contributed by atoms with Crippen molar-refractivity contribution in [2.45, 2.75) is 38.9 Å². The van der Waals surface area contributed by atoms with Gasteiger partial charge in [0, 0.05) is 48.8 Å². The van der Waals surface area contributed by atoms with Crippen LogP contribution in [0.15, 0.2) is 24.3 Å². The number of hydrogen-bond acceptors (Lipinski definition) is 4. The van der Waals surface area contributed by atoms with Gasteiger partial charge in [0.1, 0.15) is 0 Å². The predicted octanol–water partition coefficient (Wildman–Crippen LogP) is 2.35. The predicted molar refractivity (Wildman–Crippen MR) is 107 cm³/mol. The number of benzene rings is 1. The molecular weight excluding hydrogens is 360 g/mol. The third-order valence-electron chi connectivity index (χ3n) is 3.55. The highest BCUT2D eigenvalue weighted by molar-refractivity contribution is 7.99.